The summed E-state index contributed by atoms with van der Waals surface area (Å²) in [6.45, 7) is 0. The van der Waals surface area contributed by atoms with Crippen LogP contribution in [0, 0.1) is 10.1 Å². The molecule has 138 valence electrons. The monoisotopic (exact) mass is 394 g/mol. The quantitative estimate of drug-likeness (QED) is 0.349. The number of thiophene rings is 1. The number of rotatable bonds is 3. The number of non-ortho nitro benzene ring substituents is 1. The van der Waals surface area contributed by atoms with Gasteiger partial charge in [0, 0.05) is 17.7 Å². The summed E-state index contributed by atoms with van der Waals surface area (Å²) in [6.07, 6.45) is 0. The molecular weight excluding hydrogens is 384 g/mol. The van der Waals surface area contributed by atoms with Crippen molar-refractivity contribution in [3.8, 4) is 10.6 Å². The standard InChI is InChI=1S/C16H10N8O3S/c25-15-13-11(12(18-19-15)10-2-1-7-28-10)14(23-16(17-13)20-21-22-23)8-3-5-9(6-4-8)24(26)27/h1-7,14H,(H,19,25)(H,17,20,22)/t14-/m0/s1. The van der Waals surface area contributed by atoms with Gasteiger partial charge in [-0.3, -0.25) is 14.9 Å². The number of nitrogens with one attached hydrogen (secondary N) is 2. The molecule has 28 heavy (non-hydrogen) atoms. The van der Waals surface area contributed by atoms with Gasteiger partial charge in [-0.25, -0.2) is 5.10 Å². The van der Waals surface area contributed by atoms with Gasteiger partial charge in [0.1, 0.15) is 17.4 Å². The number of fused-ring (bicyclic) bond motifs is 2. The van der Waals surface area contributed by atoms with Crippen LogP contribution in [0.4, 0.5) is 17.3 Å². The highest BCUT2D eigenvalue weighted by molar-refractivity contribution is 7.13. The first-order valence-electron chi connectivity index (χ1n) is 8.09. The zero-order valence-electron chi connectivity index (χ0n) is 13.9. The molecule has 2 N–H and O–H groups in total. The third-order valence-electron chi connectivity index (χ3n) is 4.44. The predicted molar refractivity (Wildman–Crippen MR) is 99.6 cm³/mol. The van der Waals surface area contributed by atoms with E-state index in [9.17, 15) is 14.9 Å². The molecule has 0 bridgehead atoms. The Morgan fingerprint density at radius 1 is 1.21 bits per heavy atom. The lowest BCUT2D eigenvalue weighted by Crippen LogP contribution is -2.29. The van der Waals surface area contributed by atoms with Crippen LogP contribution in [0.25, 0.3) is 10.6 Å². The minimum absolute atomic E-state index is 0.0302. The third-order valence-corrected chi connectivity index (χ3v) is 5.32. The Morgan fingerprint density at radius 2 is 2.04 bits per heavy atom. The second-order valence-corrected chi connectivity index (χ2v) is 6.94. The highest BCUT2D eigenvalue weighted by atomic mass is 32.1. The average Bonchev–Trinajstić information content (AvgIpc) is 3.39. The van der Waals surface area contributed by atoms with Crippen molar-refractivity contribution in [1.82, 2.24) is 30.4 Å². The highest BCUT2D eigenvalue weighted by Gasteiger charge is 2.34. The van der Waals surface area contributed by atoms with Crippen LogP contribution < -0.4 is 10.9 Å². The Labute approximate surface area is 159 Å². The van der Waals surface area contributed by atoms with Gasteiger partial charge in [-0.2, -0.15) is 9.78 Å². The number of hydrogen-bond donors (Lipinski definition) is 2. The van der Waals surface area contributed by atoms with Crippen molar-refractivity contribution in [3.63, 3.8) is 0 Å². The number of H-pyrrole nitrogens is 1. The minimum Gasteiger partial charge on any atom is -0.318 e. The largest absolute Gasteiger partial charge is 0.318 e. The molecule has 4 heterocycles. The first-order chi connectivity index (χ1) is 13.6. The van der Waals surface area contributed by atoms with Crippen LogP contribution in [-0.4, -0.2) is 35.3 Å². The normalized spacial score (nSPS) is 14.8. The average molecular weight is 394 g/mol. The maximum absolute atomic E-state index is 12.5. The van der Waals surface area contributed by atoms with E-state index in [0.717, 1.165) is 4.88 Å². The Balaban J connectivity index is 1.78. The first-order valence-corrected chi connectivity index (χ1v) is 8.97. The van der Waals surface area contributed by atoms with Crippen LogP contribution in [0.15, 0.2) is 46.6 Å². The molecule has 12 heteroatoms. The fraction of sp³-hybridized carbons (Fsp3) is 0.0625. The van der Waals surface area contributed by atoms with Gasteiger partial charge in [-0.15, -0.1) is 11.3 Å². The van der Waals surface area contributed by atoms with E-state index in [1.807, 2.05) is 17.5 Å². The zero-order chi connectivity index (χ0) is 19.3. The van der Waals surface area contributed by atoms with Crippen LogP contribution in [0.3, 0.4) is 0 Å². The highest BCUT2D eigenvalue weighted by Crippen LogP contribution is 2.42. The minimum atomic E-state index is -0.575. The molecule has 0 amide bonds. The van der Waals surface area contributed by atoms with Crippen molar-refractivity contribution in [2.24, 2.45) is 0 Å². The van der Waals surface area contributed by atoms with Crippen molar-refractivity contribution in [3.05, 3.63) is 73.4 Å². The number of nitro groups is 1. The molecule has 1 aliphatic heterocycles. The van der Waals surface area contributed by atoms with E-state index >= 15 is 0 Å². The van der Waals surface area contributed by atoms with Crippen molar-refractivity contribution in [2.45, 2.75) is 6.04 Å². The molecule has 0 aliphatic carbocycles. The number of nitrogens with zero attached hydrogens (tertiary/aromatic N) is 6. The fourth-order valence-electron chi connectivity index (χ4n) is 3.23. The Kier molecular flexibility index (Phi) is 3.52. The van der Waals surface area contributed by atoms with Gasteiger partial charge in [0.2, 0.25) is 5.95 Å². The molecule has 1 aliphatic rings. The summed E-state index contributed by atoms with van der Waals surface area (Å²) in [5, 5.41) is 34.3. The van der Waals surface area contributed by atoms with E-state index < -0.39 is 16.5 Å². The molecule has 3 aromatic heterocycles. The molecule has 0 fully saturated rings. The van der Waals surface area contributed by atoms with Crippen LogP contribution in [0.1, 0.15) is 17.2 Å². The van der Waals surface area contributed by atoms with Gasteiger partial charge in [-0.05, 0) is 39.6 Å². The molecule has 1 atom stereocenters. The van der Waals surface area contributed by atoms with Crippen LogP contribution in [0.5, 0.6) is 0 Å². The van der Waals surface area contributed by atoms with Gasteiger partial charge < -0.3 is 5.32 Å². The summed E-state index contributed by atoms with van der Waals surface area (Å²) in [4.78, 5) is 23.9. The van der Waals surface area contributed by atoms with Crippen LogP contribution in [0.2, 0.25) is 0 Å². The van der Waals surface area contributed by atoms with E-state index in [2.05, 4.69) is 31.0 Å². The van der Waals surface area contributed by atoms with Crippen LogP contribution >= 0.6 is 11.3 Å². The van der Waals surface area contributed by atoms with E-state index in [1.165, 1.54) is 28.2 Å². The summed E-state index contributed by atoms with van der Waals surface area (Å²) < 4.78 is 1.53. The summed E-state index contributed by atoms with van der Waals surface area (Å²) in [7, 11) is 0. The summed E-state index contributed by atoms with van der Waals surface area (Å²) in [5.74, 6) is 0.296. The van der Waals surface area contributed by atoms with E-state index in [1.54, 1.807) is 12.1 Å². The maximum Gasteiger partial charge on any atom is 0.288 e. The second-order valence-electron chi connectivity index (χ2n) is 5.99. The number of tetrazole rings is 1. The zero-order valence-corrected chi connectivity index (χ0v) is 14.8. The summed E-state index contributed by atoms with van der Waals surface area (Å²) in [5.41, 5.74) is 1.73. The number of hydrogen-bond acceptors (Lipinski definition) is 9. The molecular formula is C16H10N8O3S. The van der Waals surface area contributed by atoms with Crippen molar-refractivity contribution >= 4 is 28.7 Å². The number of anilines is 2. The lowest BCUT2D eigenvalue weighted by atomic mass is 9.94. The topological polar surface area (TPSA) is 145 Å². The Hall–Kier alpha value is -3.93. The smallest absolute Gasteiger partial charge is 0.288 e. The fourth-order valence-corrected chi connectivity index (χ4v) is 3.95. The number of aromatic amines is 1. The Morgan fingerprint density at radius 3 is 2.75 bits per heavy atom. The van der Waals surface area contributed by atoms with Gasteiger partial charge in [-0.1, -0.05) is 11.2 Å². The van der Waals surface area contributed by atoms with Crippen molar-refractivity contribution < 1.29 is 4.92 Å². The van der Waals surface area contributed by atoms with Gasteiger partial charge >= 0.3 is 0 Å². The van der Waals surface area contributed by atoms with Crippen LogP contribution in [-0.2, 0) is 0 Å². The summed E-state index contributed by atoms with van der Waals surface area (Å²) in [6, 6.07) is 9.28. The SMILES string of the molecule is O=c1[nH]nc(-c2cccs2)c2c1Nc1nnnn1[C@H]2c1ccc([N+](=O)[O-])cc1. The molecule has 4 aromatic rings. The first kappa shape index (κ1) is 16.3. The van der Waals surface area contributed by atoms with Crippen molar-refractivity contribution in [1.29, 1.82) is 0 Å². The molecule has 5 rings (SSSR count). The predicted octanol–water partition coefficient (Wildman–Crippen LogP) is 2.09. The molecule has 0 spiro atoms. The van der Waals surface area contributed by atoms with E-state index in [4.69, 9.17) is 0 Å². The van der Waals surface area contributed by atoms with Gasteiger partial charge in [0.05, 0.1) is 9.80 Å². The molecule has 0 radical (unpaired) electrons. The Bertz CT molecular complexity index is 1250. The van der Waals surface area contributed by atoms with Crippen molar-refractivity contribution in [2.75, 3.05) is 5.32 Å². The maximum atomic E-state index is 12.5. The number of benzene rings is 1. The third kappa shape index (κ3) is 2.39. The molecule has 0 saturated heterocycles. The lowest BCUT2D eigenvalue weighted by Gasteiger charge is -2.27. The molecule has 0 unspecified atom stereocenters. The second kappa shape index (κ2) is 6.06. The molecule has 11 nitrogen and oxygen atoms in total. The van der Waals surface area contributed by atoms with E-state index in [0.29, 0.717) is 28.5 Å². The van der Waals surface area contributed by atoms with Gasteiger partial charge in [0.15, 0.2) is 0 Å². The van der Waals surface area contributed by atoms with Gasteiger partial charge in [0.25, 0.3) is 11.2 Å². The lowest BCUT2D eigenvalue weighted by molar-refractivity contribution is -0.384. The summed E-state index contributed by atoms with van der Waals surface area (Å²) >= 11 is 1.48. The number of aromatic nitrogens is 6. The molecule has 1 aromatic carbocycles. The molecule has 0 saturated carbocycles. The van der Waals surface area contributed by atoms with E-state index in [-0.39, 0.29) is 5.69 Å². The number of nitro benzene ring substituents is 1.